The SMILES string of the molecule is C[C@H](NC(=O)CNC(=O)CCCCCN1C(=O)C=CC1=O)C(=O)N[C@@H](CCC(=O)O)C(=O)OCCS(C)(C)C. The molecule has 4 N–H and O–H groups in total. The fraction of sp³-hybridized carbons (Fsp3) is 0.640. The number of carboxylic acid groups (broad SMARTS) is 1. The third kappa shape index (κ3) is 14.3. The first-order valence-electron chi connectivity index (χ1n) is 12.6. The maximum absolute atomic E-state index is 12.5. The molecule has 5 amide bonds. The predicted octanol–water partition coefficient (Wildman–Crippen LogP) is -0.320. The Morgan fingerprint density at radius 2 is 1.59 bits per heavy atom. The summed E-state index contributed by atoms with van der Waals surface area (Å²) in [6, 6.07) is -2.24. The zero-order valence-corrected chi connectivity index (χ0v) is 23.8. The Hall–Kier alpha value is -3.42. The Morgan fingerprint density at radius 3 is 2.18 bits per heavy atom. The van der Waals surface area contributed by atoms with E-state index in [-0.39, 0.29) is 56.7 Å². The molecule has 13 nitrogen and oxygen atoms in total. The minimum absolute atomic E-state index is 0.146. The van der Waals surface area contributed by atoms with E-state index in [4.69, 9.17) is 9.84 Å². The topological polar surface area (TPSA) is 188 Å². The van der Waals surface area contributed by atoms with Crippen molar-refractivity contribution >= 4 is 51.5 Å². The highest BCUT2D eigenvalue weighted by molar-refractivity contribution is 8.32. The molecule has 0 bridgehead atoms. The number of nitrogens with one attached hydrogen (secondary N) is 3. The van der Waals surface area contributed by atoms with Crippen molar-refractivity contribution in [1.82, 2.24) is 20.9 Å². The van der Waals surface area contributed by atoms with Gasteiger partial charge in [0.1, 0.15) is 12.1 Å². The molecule has 0 aromatic rings. The number of imide groups is 1. The number of rotatable bonds is 18. The number of amides is 5. The van der Waals surface area contributed by atoms with Crippen LogP contribution in [0.25, 0.3) is 0 Å². The number of carbonyl (C=O) groups is 7. The van der Waals surface area contributed by atoms with E-state index in [1.807, 2.05) is 0 Å². The molecule has 0 spiro atoms. The highest BCUT2D eigenvalue weighted by Gasteiger charge is 2.26. The van der Waals surface area contributed by atoms with Gasteiger partial charge in [0.25, 0.3) is 11.8 Å². The Bertz CT molecular complexity index is 944. The van der Waals surface area contributed by atoms with Gasteiger partial charge in [0.2, 0.25) is 17.7 Å². The molecule has 0 saturated heterocycles. The van der Waals surface area contributed by atoms with E-state index in [1.165, 1.54) is 19.1 Å². The van der Waals surface area contributed by atoms with Gasteiger partial charge in [-0.25, -0.2) is 14.8 Å². The number of hydrogen-bond acceptors (Lipinski definition) is 8. The molecule has 1 aliphatic heterocycles. The number of unbranched alkanes of at least 4 members (excludes halogenated alkanes) is 2. The third-order valence-corrected chi connectivity index (χ3v) is 6.98. The smallest absolute Gasteiger partial charge is 0.328 e. The lowest BCUT2D eigenvalue weighted by Crippen LogP contribution is -2.52. The fourth-order valence-electron chi connectivity index (χ4n) is 3.32. The van der Waals surface area contributed by atoms with E-state index in [9.17, 15) is 33.6 Å². The molecular weight excluding hydrogens is 532 g/mol. The van der Waals surface area contributed by atoms with E-state index in [1.54, 1.807) is 0 Å². The van der Waals surface area contributed by atoms with Crippen molar-refractivity contribution in [2.24, 2.45) is 0 Å². The zero-order valence-electron chi connectivity index (χ0n) is 22.9. The highest BCUT2D eigenvalue weighted by atomic mass is 32.3. The van der Waals surface area contributed by atoms with Gasteiger partial charge >= 0.3 is 11.9 Å². The van der Waals surface area contributed by atoms with Crippen LogP contribution >= 0.6 is 10.0 Å². The maximum Gasteiger partial charge on any atom is 0.328 e. The minimum Gasteiger partial charge on any atom is -0.481 e. The summed E-state index contributed by atoms with van der Waals surface area (Å²) in [4.78, 5) is 84.2. The van der Waals surface area contributed by atoms with E-state index in [2.05, 4.69) is 34.7 Å². The molecule has 0 aromatic carbocycles. The van der Waals surface area contributed by atoms with Gasteiger partial charge in [-0.3, -0.25) is 33.7 Å². The molecule has 1 heterocycles. The lowest BCUT2D eigenvalue weighted by atomic mass is 10.1. The molecule has 0 saturated carbocycles. The molecule has 1 aliphatic rings. The summed E-state index contributed by atoms with van der Waals surface area (Å²) in [7, 11) is -0.910. The van der Waals surface area contributed by atoms with Crippen LogP contribution in [-0.2, 0) is 38.3 Å². The molecule has 0 unspecified atom stereocenters. The summed E-state index contributed by atoms with van der Waals surface area (Å²) in [5.41, 5.74) is 0. The largest absolute Gasteiger partial charge is 0.481 e. The number of ether oxygens (including phenoxy) is 1. The summed E-state index contributed by atoms with van der Waals surface area (Å²) in [6.45, 7) is 1.46. The molecule has 39 heavy (non-hydrogen) atoms. The lowest BCUT2D eigenvalue weighted by molar-refractivity contribution is -0.148. The predicted molar refractivity (Wildman–Crippen MR) is 145 cm³/mol. The summed E-state index contributed by atoms with van der Waals surface area (Å²) < 4.78 is 5.23. The highest BCUT2D eigenvalue weighted by Crippen LogP contribution is 2.33. The van der Waals surface area contributed by atoms with E-state index in [0.717, 1.165) is 4.90 Å². The summed E-state index contributed by atoms with van der Waals surface area (Å²) in [5.74, 6) is -3.60. The molecule has 0 aliphatic carbocycles. The van der Waals surface area contributed by atoms with Crippen LogP contribution in [0.15, 0.2) is 12.2 Å². The summed E-state index contributed by atoms with van der Waals surface area (Å²) >= 11 is 0. The first-order valence-corrected chi connectivity index (χ1v) is 15.7. The van der Waals surface area contributed by atoms with Gasteiger partial charge in [-0.1, -0.05) is 6.42 Å². The van der Waals surface area contributed by atoms with Crippen LogP contribution in [-0.4, -0.2) is 108 Å². The first-order chi connectivity index (χ1) is 18.2. The molecule has 1 rings (SSSR count). The van der Waals surface area contributed by atoms with Crippen molar-refractivity contribution in [3.05, 3.63) is 12.2 Å². The van der Waals surface area contributed by atoms with Crippen molar-refractivity contribution in [2.75, 3.05) is 44.2 Å². The second kappa shape index (κ2) is 16.5. The quantitative estimate of drug-likeness (QED) is 0.0969. The van der Waals surface area contributed by atoms with Gasteiger partial charge in [0, 0.05) is 37.3 Å². The Balaban J connectivity index is 2.37. The Kier molecular flexibility index (Phi) is 14.2. The molecule has 2 atom stereocenters. The molecule has 14 heteroatoms. The van der Waals surface area contributed by atoms with Crippen molar-refractivity contribution in [2.45, 2.75) is 57.5 Å². The summed E-state index contributed by atoms with van der Waals surface area (Å²) in [6.07, 6.45) is 9.88. The minimum atomic E-state index is -1.18. The van der Waals surface area contributed by atoms with Gasteiger partial charge in [-0.05, 0) is 45.0 Å². The maximum atomic E-state index is 12.5. The molecular formula is C25H40N4O9S. The van der Waals surface area contributed by atoms with Crippen LogP contribution in [0, 0.1) is 0 Å². The van der Waals surface area contributed by atoms with Crippen LogP contribution in [0.2, 0.25) is 0 Å². The number of carboxylic acids is 1. The number of esters is 1. The van der Waals surface area contributed by atoms with Gasteiger partial charge in [0.15, 0.2) is 0 Å². The van der Waals surface area contributed by atoms with Gasteiger partial charge in [-0.15, -0.1) is 0 Å². The lowest BCUT2D eigenvalue weighted by Gasteiger charge is -2.25. The monoisotopic (exact) mass is 572 g/mol. The normalized spacial score (nSPS) is 14.9. The van der Waals surface area contributed by atoms with Crippen molar-refractivity contribution in [1.29, 1.82) is 0 Å². The van der Waals surface area contributed by atoms with Crippen LogP contribution in [0.3, 0.4) is 0 Å². The summed E-state index contributed by atoms with van der Waals surface area (Å²) in [5, 5.41) is 16.3. The van der Waals surface area contributed by atoms with E-state index < -0.39 is 45.9 Å². The average molecular weight is 573 g/mol. The van der Waals surface area contributed by atoms with E-state index in [0.29, 0.717) is 25.0 Å². The number of nitrogens with zero attached hydrogens (tertiary/aromatic N) is 1. The standard InChI is InChI=1S/C25H40N4O9S/c1-17(24(36)28-18(9-12-23(34)35)25(37)38-14-15-39(2,3)4)27-20(31)16-26-19(30)8-6-5-7-13-29-21(32)10-11-22(29)33/h10-11,17-18H,5-9,12-16H2,1-4H3,(H,26,30)(H,27,31)(H,28,36)(H,34,35)/t17-,18-/m0/s1. The van der Waals surface area contributed by atoms with Gasteiger partial charge in [0.05, 0.1) is 13.2 Å². The van der Waals surface area contributed by atoms with E-state index >= 15 is 0 Å². The van der Waals surface area contributed by atoms with Crippen molar-refractivity contribution in [3.8, 4) is 0 Å². The second-order valence-electron chi connectivity index (χ2n) is 9.99. The van der Waals surface area contributed by atoms with Crippen LogP contribution < -0.4 is 16.0 Å². The number of aliphatic carboxylic acids is 1. The number of carbonyl (C=O) groups excluding carboxylic acids is 6. The van der Waals surface area contributed by atoms with Gasteiger partial charge in [-0.2, -0.15) is 0 Å². The zero-order chi connectivity index (χ0) is 29.6. The van der Waals surface area contributed by atoms with Crippen LogP contribution in [0.5, 0.6) is 0 Å². The van der Waals surface area contributed by atoms with Crippen LogP contribution in [0.4, 0.5) is 0 Å². The Labute approximate surface area is 229 Å². The molecule has 0 fully saturated rings. The molecule has 220 valence electrons. The van der Waals surface area contributed by atoms with Crippen LogP contribution in [0.1, 0.15) is 45.4 Å². The average Bonchev–Trinajstić information content (AvgIpc) is 3.15. The fourth-order valence-corrected chi connectivity index (χ4v) is 3.90. The van der Waals surface area contributed by atoms with Gasteiger partial charge < -0.3 is 25.8 Å². The molecule has 0 radical (unpaired) electrons. The second-order valence-corrected chi connectivity index (χ2v) is 14.6. The Morgan fingerprint density at radius 1 is 0.949 bits per heavy atom. The number of hydrogen-bond donors (Lipinski definition) is 4. The molecule has 0 aromatic heterocycles. The first kappa shape index (κ1) is 33.6. The third-order valence-electron chi connectivity index (χ3n) is 5.59. The van der Waals surface area contributed by atoms with Crippen molar-refractivity contribution in [3.63, 3.8) is 0 Å². The van der Waals surface area contributed by atoms with Crippen molar-refractivity contribution < 1.29 is 43.4 Å².